The third kappa shape index (κ3) is 3.66. The fraction of sp³-hybridized carbons (Fsp3) is 0.800. The monoisotopic (exact) mass is 313 g/mol. The summed E-state index contributed by atoms with van der Waals surface area (Å²) in [7, 11) is -1.01. The van der Waals surface area contributed by atoms with Crippen LogP contribution in [0.4, 0.5) is 0 Å². The molecule has 0 radical (unpaired) electrons. The van der Waals surface area contributed by atoms with Gasteiger partial charge in [0, 0.05) is 25.0 Å². The van der Waals surface area contributed by atoms with Gasteiger partial charge in [0.15, 0.2) is 0 Å². The highest BCUT2D eigenvalue weighted by Gasteiger charge is 2.32. The highest BCUT2D eigenvalue weighted by atomic mass is 32.2. The summed E-state index contributed by atoms with van der Waals surface area (Å²) < 4.78 is 25.4. The Balaban J connectivity index is 2.08. The Morgan fingerprint density at radius 2 is 2.05 bits per heavy atom. The number of nitrogens with two attached hydrogens (primary N) is 1. The minimum atomic E-state index is -2.95. The van der Waals surface area contributed by atoms with Gasteiger partial charge in [0.25, 0.3) is 0 Å². The van der Waals surface area contributed by atoms with E-state index < -0.39 is 9.84 Å². The van der Waals surface area contributed by atoms with Crippen molar-refractivity contribution >= 4 is 9.84 Å². The van der Waals surface area contributed by atoms with Crippen molar-refractivity contribution in [3.63, 3.8) is 0 Å². The number of nitrogens with zero attached hydrogens (tertiary/aromatic N) is 2. The van der Waals surface area contributed by atoms with Crippen LogP contribution in [0.5, 0.6) is 0 Å². The van der Waals surface area contributed by atoms with Gasteiger partial charge in [-0.15, -0.1) is 0 Å². The Hall–Kier alpha value is -0.880. The zero-order chi connectivity index (χ0) is 15.8. The van der Waals surface area contributed by atoms with E-state index >= 15 is 0 Å². The molecular formula is C15H27N3O2S. The predicted molar refractivity (Wildman–Crippen MR) is 85.0 cm³/mol. The van der Waals surface area contributed by atoms with E-state index in [1.165, 1.54) is 11.8 Å². The Morgan fingerprint density at radius 3 is 2.57 bits per heavy atom. The van der Waals surface area contributed by atoms with Gasteiger partial charge in [-0.2, -0.15) is 5.10 Å². The summed E-state index contributed by atoms with van der Waals surface area (Å²) in [5.74, 6) is 0.289. The van der Waals surface area contributed by atoms with Crippen LogP contribution in [-0.4, -0.2) is 35.7 Å². The summed E-state index contributed by atoms with van der Waals surface area (Å²) in [6, 6.07) is 0.0103. The highest BCUT2D eigenvalue weighted by molar-refractivity contribution is 7.91. The molecule has 21 heavy (non-hydrogen) atoms. The van der Waals surface area contributed by atoms with E-state index in [1.54, 1.807) is 0 Å². The Labute approximate surface area is 127 Å². The molecule has 0 saturated heterocycles. The molecule has 0 amide bonds. The van der Waals surface area contributed by atoms with Gasteiger partial charge in [0.05, 0.1) is 10.9 Å². The average molecular weight is 313 g/mol. The molecule has 1 aromatic rings. The van der Waals surface area contributed by atoms with E-state index in [0.29, 0.717) is 6.42 Å². The first-order valence-electron chi connectivity index (χ1n) is 7.63. The smallest absolute Gasteiger partial charge is 0.150 e. The molecule has 1 aromatic heterocycles. The summed E-state index contributed by atoms with van der Waals surface area (Å²) in [5.41, 5.74) is 9.80. The molecule has 1 fully saturated rings. The fourth-order valence-corrected chi connectivity index (χ4v) is 4.67. The first kappa shape index (κ1) is 16.5. The van der Waals surface area contributed by atoms with Crippen molar-refractivity contribution in [2.24, 2.45) is 18.7 Å². The second kappa shape index (κ2) is 6.08. The second-order valence-electron chi connectivity index (χ2n) is 6.52. The maximum atomic E-state index is 11.8. The van der Waals surface area contributed by atoms with Crippen LogP contribution >= 0.6 is 0 Å². The number of aromatic nitrogens is 2. The van der Waals surface area contributed by atoms with E-state index in [2.05, 4.69) is 12.0 Å². The summed E-state index contributed by atoms with van der Waals surface area (Å²) in [4.78, 5) is 0. The van der Waals surface area contributed by atoms with Crippen LogP contribution in [-0.2, 0) is 23.3 Å². The predicted octanol–water partition coefficient (Wildman–Crippen LogP) is 1.51. The highest BCUT2D eigenvalue weighted by Crippen LogP contribution is 2.31. The van der Waals surface area contributed by atoms with Gasteiger partial charge in [0.2, 0.25) is 0 Å². The largest absolute Gasteiger partial charge is 0.327 e. The average Bonchev–Trinajstić information content (AvgIpc) is 2.64. The minimum Gasteiger partial charge on any atom is -0.327 e. The maximum absolute atomic E-state index is 11.8. The van der Waals surface area contributed by atoms with Crippen LogP contribution < -0.4 is 5.73 Å². The number of sulfone groups is 1. The van der Waals surface area contributed by atoms with E-state index in [9.17, 15) is 8.42 Å². The second-order valence-corrected chi connectivity index (χ2v) is 8.84. The van der Waals surface area contributed by atoms with Crippen molar-refractivity contribution in [2.45, 2.75) is 57.2 Å². The van der Waals surface area contributed by atoms with Crippen LogP contribution in [0.2, 0.25) is 0 Å². The molecule has 0 bridgehead atoms. The molecule has 2 rings (SSSR count). The van der Waals surface area contributed by atoms with Crippen LogP contribution in [0, 0.1) is 19.8 Å². The molecule has 0 aromatic carbocycles. The van der Waals surface area contributed by atoms with Gasteiger partial charge in [-0.25, -0.2) is 8.42 Å². The standard InChI is InChI=1S/C15H27N3O2S/c1-10-14(11(2)18(3)17-10)9-15(16)12-6-5-7-13(8-12)21(4,19)20/h12-13,15H,5-9,16H2,1-4H3. The molecule has 1 aliphatic carbocycles. The first-order chi connectivity index (χ1) is 9.70. The molecule has 3 unspecified atom stereocenters. The van der Waals surface area contributed by atoms with Crippen molar-refractivity contribution in [3.05, 3.63) is 17.0 Å². The summed E-state index contributed by atoms with van der Waals surface area (Å²) in [6.07, 6.45) is 5.62. The van der Waals surface area contributed by atoms with Gasteiger partial charge in [-0.05, 0) is 51.0 Å². The lowest BCUT2D eigenvalue weighted by molar-refractivity contribution is 0.303. The van der Waals surface area contributed by atoms with Gasteiger partial charge in [-0.3, -0.25) is 4.68 Å². The molecule has 1 heterocycles. The van der Waals surface area contributed by atoms with Crippen LogP contribution in [0.25, 0.3) is 0 Å². The Morgan fingerprint density at radius 1 is 1.38 bits per heavy atom. The Bertz CT molecular complexity index is 607. The summed E-state index contributed by atoms with van der Waals surface area (Å²) in [5, 5.41) is 4.22. The number of hydrogen-bond donors (Lipinski definition) is 1. The van der Waals surface area contributed by atoms with Gasteiger partial charge < -0.3 is 5.73 Å². The van der Waals surface area contributed by atoms with Crippen molar-refractivity contribution in [2.75, 3.05) is 6.26 Å². The normalized spacial score (nSPS) is 25.0. The Kier molecular flexibility index (Phi) is 4.78. The number of rotatable bonds is 4. The van der Waals surface area contributed by atoms with Crippen molar-refractivity contribution in [1.82, 2.24) is 9.78 Å². The van der Waals surface area contributed by atoms with Crippen LogP contribution in [0.1, 0.15) is 42.6 Å². The molecule has 0 aliphatic heterocycles. The quantitative estimate of drug-likeness (QED) is 0.914. The zero-order valence-electron chi connectivity index (χ0n) is 13.5. The SMILES string of the molecule is Cc1nn(C)c(C)c1CC(N)C1CCCC(S(C)(=O)=O)C1. The van der Waals surface area contributed by atoms with E-state index in [4.69, 9.17) is 5.73 Å². The molecule has 6 heteroatoms. The molecule has 0 spiro atoms. The van der Waals surface area contributed by atoms with Gasteiger partial charge in [-0.1, -0.05) is 6.42 Å². The lowest BCUT2D eigenvalue weighted by atomic mass is 9.81. The topological polar surface area (TPSA) is 78.0 Å². The lowest BCUT2D eigenvalue weighted by Crippen LogP contribution is -2.39. The van der Waals surface area contributed by atoms with E-state index in [1.807, 2.05) is 18.7 Å². The summed E-state index contributed by atoms with van der Waals surface area (Å²) in [6.45, 7) is 4.07. The zero-order valence-corrected chi connectivity index (χ0v) is 14.3. The van der Waals surface area contributed by atoms with Gasteiger partial charge >= 0.3 is 0 Å². The molecule has 1 aliphatic rings. The van der Waals surface area contributed by atoms with Crippen molar-refractivity contribution < 1.29 is 8.42 Å². The first-order valence-corrected chi connectivity index (χ1v) is 9.59. The third-order valence-electron chi connectivity index (χ3n) is 4.98. The summed E-state index contributed by atoms with van der Waals surface area (Å²) >= 11 is 0. The van der Waals surface area contributed by atoms with Crippen LogP contribution in [0.15, 0.2) is 0 Å². The maximum Gasteiger partial charge on any atom is 0.150 e. The van der Waals surface area contributed by atoms with E-state index in [-0.39, 0.29) is 17.2 Å². The molecule has 120 valence electrons. The van der Waals surface area contributed by atoms with E-state index in [0.717, 1.165) is 37.1 Å². The molecule has 1 saturated carbocycles. The van der Waals surface area contributed by atoms with Gasteiger partial charge in [0.1, 0.15) is 9.84 Å². The van der Waals surface area contributed by atoms with Crippen LogP contribution in [0.3, 0.4) is 0 Å². The molecule has 3 atom stereocenters. The molecule has 2 N–H and O–H groups in total. The minimum absolute atomic E-state index is 0.0103. The number of hydrogen-bond acceptors (Lipinski definition) is 4. The van der Waals surface area contributed by atoms with Crippen molar-refractivity contribution in [1.29, 1.82) is 0 Å². The van der Waals surface area contributed by atoms with Crippen molar-refractivity contribution in [3.8, 4) is 0 Å². The number of aryl methyl sites for hydroxylation is 2. The molecule has 5 nitrogen and oxygen atoms in total. The fourth-order valence-electron chi connectivity index (χ4n) is 3.47. The lowest BCUT2D eigenvalue weighted by Gasteiger charge is -2.32. The molecular weight excluding hydrogens is 286 g/mol. The third-order valence-corrected chi connectivity index (χ3v) is 6.62.